The van der Waals surface area contributed by atoms with Gasteiger partial charge in [0.2, 0.25) is 0 Å². The number of fused-ring (bicyclic) bond motifs is 4. The summed E-state index contributed by atoms with van der Waals surface area (Å²) in [6, 6.07) is 61.9. The highest BCUT2D eigenvalue weighted by molar-refractivity contribution is 6.62. The van der Waals surface area contributed by atoms with Crippen molar-refractivity contribution in [3.63, 3.8) is 0 Å². The lowest BCUT2D eigenvalue weighted by molar-refractivity contribution is 0.00578. The van der Waals surface area contributed by atoms with Crippen LogP contribution in [0.4, 0.5) is 17.1 Å². The van der Waals surface area contributed by atoms with E-state index < -0.39 is 23.7 Å². The zero-order valence-corrected chi connectivity index (χ0v) is 29.5. The minimum Gasteiger partial charge on any atom is -0.399 e. The SMILES string of the molecule is CC1(C)OB(c2ccc(N(c3ccc4c(c3)C(c3ccccc3)(c3ccccc3)c3ccccc3-4)c3ccc4ccccc4c3)cc2)OC1(C)C. The quantitative estimate of drug-likeness (QED) is 0.166. The Kier molecular flexibility index (Phi) is 7.33. The summed E-state index contributed by atoms with van der Waals surface area (Å²) in [6.45, 7) is 8.39. The molecule has 0 aromatic heterocycles. The maximum atomic E-state index is 6.42. The molecule has 0 amide bonds. The Morgan fingerprint density at radius 1 is 0.431 bits per heavy atom. The van der Waals surface area contributed by atoms with Crippen molar-refractivity contribution >= 4 is 40.4 Å². The first kappa shape index (κ1) is 31.6. The first-order valence-electron chi connectivity index (χ1n) is 17.9. The molecule has 3 nitrogen and oxygen atoms in total. The van der Waals surface area contributed by atoms with Crippen LogP contribution in [0.1, 0.15) is 49.9 Å². The standard InChI is InChI=1S/C47H40BNO2/c1-45(2)46(3,4)51-48(50-45)37-24-27-38(28-25-37)49(39-26-23-33-15-11-12-16-34(33)31-39)40-29-30-42-41-21-13-14-22-43(41)47(44(42)32-40,35-17-7-5-8-18-35)36-19-9-6-10-20-36/h5-32H,1-4H3. The van der Waals surface area contributed by atoms with Crippen LogP contribution in [0.15, 0.2) is 170 Å². The predicted octanol–water partition coefficient (Wildman–Crippen LogP) is 11.0. The van der Waals surface area contributed by atoms with E-state index in [1.165, 1.54) is 44.2 Å². The van der Waals surface area contributed by atoms with Gasteiger partial charge in [0.15, 0.2) is 0 Å². The molecule has 1 heterocycles. The lowest BCUT2D eigenvalue weighted by Crippen LogP contribution is -2.41. The molecule has 7 aromatic rings. The van der Waals surface area contributed by atoms with Gasteiger partial charge in [-0.15, -0.1) is 0 Å². The van der Waals surface area contributed by atoms with Crippen LogP contribution in [0, 0.1) is 0 Å². The van der Waals surface area contributed by atoms with Crippen LogP contribution in [-0.4, -0.2) is 18.3 Å². The van der Waals surface area contributed by atoms with E-state index in [0.29, 0.717) is 0 Å². The molecule has 51 heavy (non-hydrogen) atoms. The summed E-state index contributed by atoms with van der Waals surface area (Å²) in [7, 11) is -0.422. The minimum absolute atomic E-state index is 0.403. The Bertz CT molecular complexity index is 2330. The van der Waals surface area contributed by atoms with Gasteiger partial charge in [-0.1, -0.05) is 133 Å². The topological polar surface area (TPSA) is 21.7 Å². The second-order valence-corrected chi connectivity index (χ2v) is 14.8. The Balaban J connectivity index is 1.25. The number of benzene rings is 7. The van der Waals surface area contributed by atoms with E-state index in [1.807, 2.05) is 0 Å². The van der Waals surface area contributed by atoms with E-state index >= 15 is 0 Å². The highest BCUT2D eigenvalue weighted by Gasteiger charge is 2.52. The smallest absolute Gasteiger partial charge is 0.399 e. The average Bonchev–Trinajstić information content (AvgIpc) is 3.58. The molecule has 0 unspecified atom stereocenters. The van der Waals surface area contributed by atoms with Gasteiger partial charge in [-0.25, -0.2) is 0 Å². The molecular formula is C47H40BNO2. The summed E-state index contributed by atoms with van der Waals surface area (Å²) >= 11 is 0. The molecule has 1 fully saturated rings. The molecule has 2 aliphatic rings. The highest BCUT2D eigenvalue weighted by atomic mass is 16.7. The van der Waals surface area contributed by atoms with Crippen molar-refractivity contribution in [2.45, 2.75) is 44.3 Å². The van der Waals surface area contributed by atoms with E-state index in [1.54, 1.807) is 0 Å². The summed E-state index contributed by atoms with van der Waals surface area (Å²) in [5.74, 6) is 0. The molecule has 1 aliphatic carbocycles. The Labute approximate surface area is 301 Å². The molecule has 0 radical (unpaired) electrons. The molecule has 0 saturated carbocycles. The van der Waals surface area contributed by atoms with E-state index in [9.17, 15) is 0 Å². The van der Waals surface area contributed by atoms with Gasteiger partial charge in [-0.3, -0.25) is 0 Å². The van der Waals surface area contributed by atoms with Crippen molar-refractivity contribution < 1.29 is 9.31 Å². The number of nitrogens with zero attached hydrogens (tertiary/aromatic N) is 1. The summed E-state index contributed by atoms with van der Waals surface area (Å²) in [6.07, 6.45) is 0. The number of rotatable bonds is 6. The van der Waals surface area contributed by atoms with Crippen LogP contribution < -0.4 is 10.4 Å². The summed E-state index contributed by atoms with van der Waals surface area (Å²) in [5, 5.41) is 2.42. The fraction of sp³-hybridized carbons (Fsp3) is 0.149. The first-order chi connectivity index (χ1) is 24.8. The molecule has 0 N–H and O–H groups in total. The van der Waals surface area contributed by atoms with Gasteiger partial charge in [0, 0.05) is 17.1 Å². The maximum absolute atomic E-state index is 6.42. The van der Waals surface area contributed by atoms with Crippen molar-refractivity contribution in [3.8, 4) is 11.1 Å². The van der Waals surface area contributed by atoms with Crippen molar-refractivity contribution in [2.24, 2.45) is 0 Å². The molecule has 4 heteroatoms. The normalized spacial score (nSPS) is 16.5. The monoisotopic (exact) mass is 661 g/mol. The van der Waals surface area contributed by atoms with Gasteiger partial charge >= 0.3 is 7.12 Å². The summed E-state index contributed by atoms with van der Waals surface area (Å²) in [4.78, 5) is 2.38. The fourth-order valence-corrected chi connectivity index (χ4v) is 8.09. The molecule has 9 rings (SSSR count). The number of hydrogen-bond donors (Lipinski definition) is 0. The molecular weight excluding hydrogens is 621 g/mol. The molecule has 248 valence electrons. The van der Waals surface area contributed by atoms with Crippen LogP contribution >= 0.6 is 0 Å². The van der Waals surface area contributed by atoms with E-state index in [2.05, 4.69) is 202 Å². The third-order valence-electron chi connectivity index (χ3n) is 11.4. The second-order valence-electron chi connectivity index (χ2n) is 14.8. The second kappa shape index (κ2) is 11.8. The zero-order chi connectivity index (χ0) is 34.8. The molecule has 1 aliphatic heterocycles. The Morgan fingerprint density at radius 3 is 1.61 bits per heavy atom. The number of hydrogen-bond acceptors (Lipinski definition) is 3. The van der Waals surface area contributed by atoms with Gasteiger partial charge < -0.3 is 14.2 Å². The lowest BCUT2D eigenvalue weighted by atomic mass is 9.67. The maximum Gasteiger partial charge on any atom is 0.494 e. The van der Waals surface area contributed by atoms with Gasteiger partial charge in [-0.2, -0.15) is 0 Å². The van der Waals surface area contributed by atoms with Crippen molar-refractivity contribution in [2.75, 3.05) is 4.90 Å². The third-order valence-corrected chi connectivity index (χ3v) is 11.4. The highest BCUT2D eigenvalue weighted by Crippen LogP contribution is 2.57. The van der Waals surface area contributed by atoms with Crippen LogP contribution in [-0.2, 0) is 14.7 Å². The summed E-state index contributed by atoms with van der Waals surface area (Å²) in [5.41, 5.74) is 10.6. The third kappa shape index (κ3) is 4.97. The van der Waals surface area contributed by atoms with Crippen molar-refractivity contribution in [1.82, 2.24) is 0 Å². The zero-order valence-electron chi connectivity index (χ0n) is 29.5. The fourth-order valence-electron chi connectivity index (χ4n) is 8.09. The van der Waals surface area contributed by atoms with E-state index in [0.717, 1.165) is 22.5 Å². The van der Waals surface area contributed by atoms with Crippen LogP contribution in [0.5, 0.6) is 0 Å². The summed E-state index contributed by atoms with van der Waals surface area (Å²) < 4.78 is 12.8. The first-order valence-corrected chi connectivity index (χ1v) is 17.9. The van der Waals surface area contributed by atoms with Crippen LogP contribution in [0.25, 0.3) is 21.9 Å². The Morgan fingerprint density at radius 2 is 0.941 bits per heavy atom. The lowest BCUT2D eigenvalue weighted by Gasteiger charge is -2.35. The van der Waals surface area contributed by atoms with Gasteiger partial charge in [0.25, 0.3) is 0 Å². The minimum atomic E-state index is -0.486. The van der Waals surface area contributed by atoms with Gasteiger partial charge in [0.05, 0.1) is 16.6 Å². The predicted molar refractivity (Wildman–Crippen MR) is 212 cm³/mol. The average molecular weight is 662 g/mol. The van der Waals surface area contributed by atoms with Crippen molar-refractivity contribution in [3.05, 3.63) is 192 Å². The van der Waals surface area contributed by atoms with Crippen LogP contribution in [0.2, 0.25) is 0 Å². The van der Waals surface area contributed by atoms with Crippen LogP contribution in [0.3, 0.4) is 0 Å². The van der Waals surface area contributed by atoms with Crippen molar-refractivity contribution in [1.29, 1.82) is 0 Å². The molecule has 7 aromatic carbocycles. The molecule has 0 spiro atoms. The molecule has 1 saturated heterocycles. The molecule has 0 atom stereocenters. The largest absolute Gasteiger partial charge is 0.494 e. The van der Waals surface area contributed by atoms with Gasteiger partial charge in [0.1, 0.15) is 0 Å². The van der Waals surface area contributed by atoms with Gasteiger partial charge in [-0.05, 0) is 114 Å². The Hall–Kier alpha value is -5.42. The van der Waals surface area contributed by atoms with E-state index in [-0.39, 0.29) is 0 Å². The van der Waals surface area contributed by atoms with E-state index in [4.69, 9.17) is 9.31 Å². The molecule has 0 bridgehead atoms. The number of anilines is 3.